The molecule has 1 aliphatic rings. The van der Waals surface area contributed by atoms with E-state index in [2.05, 4.69) is 15.2 Å². The lowest BCUT2D eigenvalue weighted by molar-refractivity contribution is -0.115. The molecule has 8 nitrogen and oxygen atoms in total. The Labute approximate surface area is 181 Å². The SMILES string of the molecule is CN1CCN(S(=O)(=O)c2cccc(NC(=O)Cc3coc(-c4ccccc4)n3)c2)CC1. The van der Waals surface area contributed by atoms with Gasteiger partial charge in [-0.15, -0.1) is 0 Å². The molecule has 0 bridgehead atoms. The van der Waals surface area contributed by atoms with Crippen molar-refractivity contribution in [1.82, 2.24) is 14.2 Å². The van der Waals surface area contributed by atoms with Crippen molar-refractivity contribution in [2.24, 2.45) is 0 Å². The van der Waals surface area contributed by atoms with Crippen LogP contribution in [0, 0.1) is 0 Å². The van der Waals surface area contributed by atoms with Crippen molar-refractivity contribution in [3.8, 4) is 11.5 Å². The van der Waals surface area contributed by atoms with Gasteiger partial charge in [-0.05, 0) is 37.4 Å². The number of aromatic nitrogens is 1. The number of nitrogens with one attached hydrogen (secondary N) is 1. The van der Waals surface area contributed by atoms with E-state index in [0.717, 1.165) is 5.56 Å². The van der Waals surface area contributed by atoms with Crippen molar-refractivity contribution in [3.05, 3.63) is 66.6 Å². The molecule has 1 saturated heterocycles. The van der Waals surface area contributed by atoms with Crippen LogP contribution in [0.15, 0.2) is 70.2 Å². The number of oxazole rings is 1. The first kappa shape index (κ1) is 21.2. The van der Waals surface area contributed by atoms with Crippen LogP contribution in [0.1, 0.15) is 5.69 Å². The normalized spacial score (nSPS) is 15.6. The zero-order valence-electron chi connectivity index (χ0n) is 17.2. The molecule has 162 valence electrons. The molecule has 3 aromatic rings. The van der Waals surface area contributed by atoms with E-state index in [1.165, 1.54) is 16.6 Å². The zero-order valence-corrected chi connectivity index (χ0v) is 18.0. The molecule has 4 rings (SSSR count). The number of anilines is 1. The van der Waals surface area contributed by atoms with E-state index in [-0.39, 0.29) is 17.2 Å². The van der Waals surface area contributed by atoms with Crippen molar-refractivity contribution >= 4 is 21.6 Å². The molecule has 0 saturated carbocycles. The number of piperazine rings is 1. The molecule has 2 aromatic carbocycles. The van der Waals surface area contributed by atoms with Crippen LogP contribution in [-0.4, -0.2) is 61.7 Å². The van der Waals surface area contributed by atoms with E-state index in [1.54, 1.807) is 18.2 Å². The standard InChI is InChI=1S/C22H24N4O4S/c1-25-10-12-26(13-11-25)31(28,29)20-9-5-8-18(14-20)23-21(27)15-19-16-30-22(24-19)17-6-3-2-4-7-17/h2-9,14,16H,10-13,15H2,1H3,(H,23,27). The summed E-state index contributed by atoms with van der Waals surface area (Å²) in [5, 5.41) is 2.75. The third kappa shape index (κ3) is 5.01. The third-order valence-electron chi connectivity index (χ3n) is 5.13. The van der Waals surface area contributed by atoms with E-state index in [4.69, 9.17) is 4.42 Å². The Balaban J connectivity index is 1.42. The highest BCUT2D eigenvalue weighted by atomic mass is 32.2. The van der Waals surface area contributed by atoms with Gasteiger partial charge in [-0.2, -0.15) is 4.31 Å². The first-order valence-corrected chi connectivity index (χ1v) is 11.4. The molecule has 1 fully saturated rings. The van der Waals surface area contributed by atoms with Crippen molar-refractivity contribution in [3.63, 3.8) is 0 Å². The highest BCUT2D eigenvalue weighted by molar-refractivity contribution is 7.89. The van der Waals surface area contributed by atoms with Gasteiger partial charge in [-0.1, -0.05) is 24.3 Å². The minimum absolute atomic E-state index is 0.0196. The number of nitrogens with zero attached hydrogens (tertiary/aromatic N) is 3. The van der Waals surface area contributed by atoms with Gasteiger partial charge in [-0.3, -0.25) is 4.79 Å². The molecule has 31 heavy (non-hydrogen) atoms. The summed E-state index contributed by atoms with van der Waals surface area (Å²) >= 11 is 0. The molecule has 2 heterocycles. The third-order valence-corrected chi connectivity index (χ3v) is 7.03. The van der Waals surface area contributed by atoms with Gasteiger partial charge < -0.3 is 14.6 Å². The van der Waals surface area contributed by atoms with E-state index in [0.29, 0.717) is 43.5 Å². The fraction of sp³-hybridized carbons (Fsp3) is 0.273. The molecule has 0 radical (unpaired) electrons. The number of benzene rings is 2. The van der Waals surface area contributed by atoms with Crippen molar-refractivity contribution in [1.29, 1.82) is 0 Å². The number of amides is 1. The van der Waals surface area contributed by atoms with Crippen molar-refractivity contribution < 1.29 is 17.6 Å². The Morgan fingerprint density at radius 2 is 1.81 bits per heavy atom. The summed E-state index contributed by atoms with van der Waals surface area (Å²) < 4.78 is 32.8. The summed E-state index contributed by atoms with van der Waals surface area (Å²) in [5.74, 6) is 0.144. The molecular weight excluding hydrogens is 416 g/mol. The number of hydrogen-bond acceptors (Lipinski definition) is 6. The van der Waals surface area contributed by atoms with E-state index >= 15 is 0 Å². The minimum Gasteiger partial charge on any atom is -0.444 e. The summed E-state index contributed by atoms with van der Waals surface area (Å²) in [7, 11) is -1.63. The largest absolute Gasteiger partial charge is 0.444 e. The van der Waals surface area contributed by atoms with Gasteiger partial charge in [0.2, 0.25) is 21.8 Å². The van der Waals surface area contributed by atoms with Crippen LogP contribution in [0.4, 0.5) is 5.69 Å². The van der Waals surface area contributed by atoms with Crippen LogP contribution in [-0.2, 0) is 21.2 Å². The van der Waals surface area contributed by atoms with Crippen molar-refractivity contribution in [2.75, 3.05) is 38.5 Å². The Kier molecular flexibility index (Phi) is 6.17. The Bertz CT molecular complexity index is 1150. The van der Waals surface area contributed by atoms with Crippen molar-refractivity contribution in [2.45, 2.75) is 11.3 Å². The maximum absolute atomic E-state index is 12.9. The molecule has 0 atom stereocenters. The van der Waals surface area contributed by atoms with Crippen LogP contribution in [0.2, 0.25) is 0 Å². The fourth-order valence-corrected chi connectivity index (χ4v) is 4.85. The summed E-state index contributed by atoms with van der Waals surface area (Å²) in [4.78, 5) is 19.1. The lowest BCUT2D eigenvalue weighted by Gasteiger charge is -2.31. The minimum atomic E-state index is -3.60. The summed E-state index contributed by atoms with van der Waals surface area (Å²) in [6.07, 6.45) is 1.47. The highest BCUT2D eigenvalue weighted by Crippen LogP contribution is 2.22. The quantitative estimate of drug-likeness (QED) is 0.633. The van der Waals surface area contributed by atoms with Gasteiger partial charge in [-0.25, -0.2) is 13.4 Å². The van der Waals surface area contributed by atoms with Gasteiger partial charge in [0.05, 0.1) is 17.0 Å². The van der Waals surface area contributed by atoms with Gasteiger partial charge in [0.1, 0.15) is 6.26 Å². The maximum Gasteiger partial charge on any atom is 0.243 e. The first-order valence-electron chi connectivity index (χ1n) is 10.0. The average Bonchev–Trinajstić information content (AvgIpc) is 3.23. The fourth-order valence-electron chi connectivity index (χ4n) is 3.38. The number of carbonyl (C=O) groups excluding carboxylic acids is 1. The van der Waals surface area contributed by atoms with Crippen LogP contribution in [0.5, 0.6) is 0 Å². The lowest BCUT2D eigenvalue weighted by Crippen LogP contribution is -2.47. The molecule has 1 aromatic heterocycles. The molecule has 0 unspecified atom stereocenters. The average molecular weight is 441 g/mol. The Morgan fingerprint density at radius 1 is 1.06 bits per heavy atom. The van der Waals surface area contributed by atoms with E-state index in [1.807, 2.05) is 37.4 Å². The topological polar surface area (TPSA) is 95.8 Å². The zero-order chi connectivity index (χ0) is 21.8. The van der Waals surface area contributed by atoms with Crippen LogP contribution >= 0.6 is 0 Å². The Morgan fingerprint density at radius 3 is 2.55 bits per heavy atom. The predicted molar refractivity (Wildman–Crippen MR) is 117 cm³/mol. The second-order valence-corrected chi connectivity index (χ2v) is 9.41. The van der Waals surface area contributed by atoms with Crippen LogP contribution < -0.4 is 5.32 Å². The van der Waals surface area contributed by atoms with Gasteiger partial charge in [0.25, 0.3) is 0 Å². The molecule has 1 N–H and O–H groups in total. The molecule has 0 spiro atoms. The van der Waals surface area contributed by atoms with Gasteiger partial charge in [0.15, 0.2) is 0 Å². The maximum atomic E-state index is 12.9. The monoisotopic (exact) mass is 440 g/mol. The molecule has 1 aliphatic heterocycles. The Hall–Kier alpha value is -3.01. The van der Waals surface area contributed by atoms with Gasteiger partial charge in [0, 0.05) is 37.4 Å². The van der Waals surface area contributed by atoms with Crippen LogP contribution in [0.25, 0.3) is 11.5 Å². The lowest BCUT2D eigenvalue weighted by atomic mass is 10.2. The molecule has 9 heteroatoms. The number of sulfonamides is 1. The first-order chi connectivity index (χ1) is 14.9. The number of carbonyl (C=O) groups is 1. The number of hydrogen-bond donors (Lipinski definition) is 1. The van der Waals surface area contributed by atoms with Crippen LogP contribution in [0.3, 0.4) is 0 Å². The summed E-state index contributed by atoms with van der Waals surface area (Å²) in [6.45, 7) is 2.29. The van der Waals surface area contributed by atoms with E-state index < -0.39 is 10.0 Å². The molecule has 1 amide bonds. The molecule has 0 aliphatic carbocycles. The summed E-state index contributed by atoms with van der Waals surface area (Å²) in [5.41, 5.74) is 1.75. The van der Waals surface area contributed by atoms with E-state index in [9.17, 15) is 13.2 Å². The second kappa shape index (κ2) is 9.01. The second-order valence-electron chi connectivity index (χ2n) is 7.47. The smallest absolute Gasteiger partial charge is 0.243 e. The van der Waals surface area contributed by atoms with Gasteiger partial charge >= 0.3 is 0 Å². The molecular formula is C22H24N4O4S. The predicted octanol–water partition coefficient (Wildman–Crippen LogP) is 2.46. The summed E-state index contributed by atoms with van der Waals surface area (Å²) in [6, 6.07) is 15.8. The highest BCUT2D eigenvalue weighted by Gasteiger charge is 2.27. The number of likely N-dealkylation sites (N-methyl/N-ethyl adjacent to an activating group) is 1. The number of rotatable bonds is 6.